The number of benzene rings is 1. The molecule has 0 atom stereocenters. The Hall–Kier alpha value is -3.04. The highest BCUT2D eigenvalue weighted by molar-refractivity contribution is 6.07. The average Bonchev–Trinajstić information content (AvgIpc) is 3.16. The first-order chi connectivity index (χ1) is 14.6. The molecule has 0 unspecified atom stereocenters. The van der Waals surface area contributed by atoms with Crippen LogP contribution in [-0.4, -0.2) is 41.1 Å². The van der Waals surface area contributed by atoms with Crippen LogP contribution in [0.5, 0.6) is 0 Å². The Kier molecular flexibility index (Phi) is 6.20. The number of aliphatic imine (C=N–C) groups is 1. The minimum atomic E-state index is -0.265. The SMILES string of the molecule is Cc1cc(C#N)cnc1C(=O)Nc1ccc2c(c1)C(CCCN1CCCCC1)=NC2. The molecule has 0 saturated carbocycles. The van der Waals surface area contributed by atoms with Crippen LogP contribution in [0.15, 0.2) is 35.5 Å². The van der Waals surface area contributed by atoms with Crippen LogP contribution < -0.4 is 5.32 Å². The summed E-state index contributed by atoms with van der Waals surface area (Å²) >= 11 is 0. The molecule has 0 radical (unpaired) electrons. The van der Waals surface area contributed by atoms with Gasteiger partial charge < -0.3 is 10.2 Å². The molecule has 154 valence electrons. The van der Waals surface area contributed by atoms with Crippen molar-refractivity contribution < 1.29 is 4.79 Å². The van der Waals surface area contributed by atoms with Gasteiger partial charge in [0, 0.05) is 23.2 Å². The van der Waals surface area contributed by atoms with Crippen LogP contribution >= 0.6 is 0 Å². The van der Waals surface area contributed by atoms with E-state index in [0.29, 0.717) is 16.8 Å². The van der Waals surface area contributed by atoms with E-state index >= 15 is 0 Å². The largest absolute Gasteiger partial charge is 0.321 e. The zero-order chi connectivity index (χ0) is 20.9. The first kappa shape index (κ1) is 20.2. The molecule has 30 heavy (non-hydrogen) atoms. The third kappa shape index (κ3) is 4.58. The normalized spacial score (nSPS) is 15.9. The average molecular weight is 402 g/mol. The molecule has 2 aliphatic rings. The highest BCUT2D eigenvalue weighted by atomic mass is 16.1. The fourth-order valence-electron chi connectivity index (χ4n) is 4.26. The van der Waals surface area contributed by atoms with Crippen LogP contribution in [-0.2, 0) is 6.54 Å². The number of carbonyl (C=O) groups is 1. The van der Waals surface area contributed by atoms with E-state index in [0.717, 1.165) is 42.9 Å². The molecule has 1 N–H and O–H groups in total. The number of likely N-dealkylation sites (tertiary alicyclic amines) is 1. The summed E-state index contributed by atoms with van der Waals surface area (Å²) in [5, 5.41) is 11.9. The molecule has 2 aromatic rings. The second-order valence-electron chi connectivity index (χ2n) is 8.10. The van der Waals surface area contributed by atoms with Gasteiger partial charge in [-0.3, -0.25) is 9.79 Å². The Morgan fingerprint density at radius 3 is 2.83 bits per heavy atom. The maximum Gasteiger partial charge on any atom is 0.274 e. The van der Waals surface area contributed by atoms with Gasteiger partial charge in [-0.2, -0.15) is 5.26 Å². The molecule has 1 fully saturated rings. The second kappa shape index (κ2) is 9.19. The fraction of sp³-hybridized carbons (Fsp3) is 0.417. The van der Waals surface area contributed by atoms with Gasteiger partial charge in [-0.15, -0.1) is 0 Å². The van der Waals surface area contributed by atoms with Gasteiger partial charge in [-0.25, -0.2) is 4.98 Å². The molecule has 2 aliphatic heterocycles. The highest BCUT2D eigenvalue weighted by Crippen LogP contribution is 2.25. The summed E-state index contributed by atoms with van der Waals surface area (Å²) in [5.74, 6) is -0.265. The van der Waals surface area contributed by atoms with Gasteiger partial charge in [0.2, 0.25) is 0 Å². The van der Waals surface area contributed by atoms with Crippen LogP contribution in [0.2, 0.25) is 0 Å². The van der Waals surface area contributed by atoms with E-state index in [2.05, 4.69) is 15.2 Å². The van der Waals surface area contributed by atoms with Gasteiger partial charge in [-0.05, 0) is 81.6 Å². The van der Waals surface area contributed by atoms with Crippen LogP contribution in [0.4, 0.5) is 5.69 Å². The minimum Gasteiger partial charge on any atom is -0.321 e. The standard InChI is InChI=1S/C24H27N5O/c1-17-12-18(14-25)15-27-23(17)24(30)28-20-8-7-19-16-26-22(21(19)13-20)6-5-11-29-9-3-2-4-10-29/h7-8,12-13,15H,2-6,9-11,16H2,1H3,(H,28,30). The van der Waals surface area contributed by atoms with E-state index in [1.165, 1.54) is 44.1 Å². The monoisotopic (exact) mass is 401 g/mol. The van der Waals surface area contributed by atoms with Crippen LogP contribution in [0.3, 0.4) is 0 Å². The van der Waals surface area contributed by atoms with Crippen molar-refractivity contribution in [3.8, 4) is 6.07 Å². The first-order valence-corrected chi connectivity index (χ1v) is 10.7. The number of pyridine rings is 1. The second-order valence-corrected chi connectivity index (χ2v) is 8.10. The number of nitrogens with one attached hydrogen (secondary N) is 1. The van der Waals surface area contributed by atoms with E-state index < -0.39 is 0 Å². The topological polar surface area (TPSA) is 81.4 Å². The zero-order valence-corrected chi connectivity index (χ0v) is 17.4. The number of amides is 1. The number of aromatic nitrogens is 1. The number of nitriles is 1. The molecule has 1 saturated heterocycles. The van der Waals surface area contributed by atoms with Gasteiger partial charge in [0.15, 0.2) is 0 Å². The molecule has 4 rings (SSSR count). The number of fused-ring (bicyclic) bond motifs is 1. The van der Waals surface area contributed by atoms with E-state index in [-0.39, 0.29) is 5.91 Å². The molecule has 3 heterocycles. The quantitative estimate of drug-likeness (QED) is 0.791. The van der Waals surface area contributed by atoms with Crippen molar-refractivity contribution in [2.45, 2.75) is 45.6 Å². The molecule has 1 aromatic heterocycles. The summed E-state index contributed by atoms with van der Waals surface area (Å²) in [5.41, 5.74) is 5.73. The lowest BCUT2D eigenvalue weighted by Crippen LogP contribution is -2.30. The van der Waals surface area contributed by atoms with Crippen molar-refractivity contribution in [2.75, 3.05) is 25.0 Å². The van der Waals surface area contributed by atoms with Crippen molar-refractivity contribution in [2.24, 2.45) is 4.99 Å². The van der Waals surface area contributed by atoms with E-state index in [4.69, 9.17) is 10.3 Å². The van der Waals surface area contributed by atoms with E-state index in [9.17, 15) is 4.79 Å². The van der Waals surface area contributed by atoms with Gasteiger partial charge >= 0.3 is 0 Å². The predicted octanol–water partition coefficient (Wildman–Crippen LogP) is 4.08. The summed E-state index contributed by atoms with van der Waals surface area (Å²) in [6.45, 7) is 6.09. The number of anilines is 1. The number of hydrogen-bond acceptors (Lipinski definition) is 5. The summed E-state index contributed by atoms with van der Waals surface area (Å²) in [4.78, 5) is 24.1. The van der Waals surface area contributed by atoms with Crippen LogP contribution in [0.25, 0.3) is 0 Å². The lowest BCUT2D eigenvalue weighted by molar-refractivity contribution is 0.102. The first-order valence-electron chi connectivity index (χ1n) is 10.7. The van der Waals surface area contributed by atoms with E-state index in [1.54, 1.807) is 13.0 Å². The van der Waals surface area contributed by atoms with E-state index in [1.807, 2.05) is 24.3 Å². The Balaban J connectivity index is 1.40. The molecular formula is C24H27N5O. The molecule has 0 aliphatic carbocycles. The molecule has 1 amide bonds. The van der Waals surface area contributed by atoms with Crippen LogP contribution in [0.1, 0.15) is 64.8 Å². The minimum absolute atomic E-state index is 0.265. The Labute approximate surface area is 177 Å². The summed E-state index contributed by atoms with van der Waals surface area (Å²) in [7, 11) is 0. The Morgan fingerprint density at radius 2 is 2.07 bits per heavy atom. The van der Waals surface area contributed by atoms with Gasteiger partial charge in [-0.1, -0.05) is 12.5 Å². The van der Waals surface area contributed by atoms with Crippen molar-refractivity contribution >= 4 is 17.3 Å². The predicted molar refractivity (Wildman–Crippen MR) is 118 cm³/mol. The van der Waals surface area contributed by atoms with Crippen molar-refractivity contribution in [1.82, 2.24) is 9.88 Å². The molecule has 6 nitrogen and oxygen atoms in total. The summed E-state index contributed by atoms with van der Waals surface area (Å²) in [6.07, 6.45) is 7.52. The summed E-state index contributed by atoms with van der Waals surface area (Å²) < 4.78 is 0. The molecule has 1 aromatic carbocycles. The smallest absolute Gasteiger partial charge is 0.274 e. The third-order valence-electron chi connectivity index (χ3n) is 5.88. The molecule has 6 heteroatoms. The molecule has 0 bridgehead atoms. The maximum atomic E-state index is 12.7. The van der Waals surface area contributed by atoms with Gasteiger partial charge in [0.25, 0.3) is 5.91 Å². The summed E-state index contributed by atoms with van der Waals surface area (Å²) in [6, 6.07) is 9.71. The van der Waals surface area contributed by atoms with Crippen molar-refractivity contribution in [1.29, 1.82) is 5.26 Å². The number of carbonyl (C=O) groups excluding carboxylic acids is 1. The van der Waals surface area contributed by atoms with Crippen molar-refractivity contribution in [3.05, 3.63) is 58.4 Å². The lowest BCUT2D eigenvalue weighted by Gasteiger charge is -2.26. The highest BCUT2D eigenvalue weighted by Gasteiger charge is 2.18. The fourth-order valence-corrected chi connectivity index (χ4v) is 4.26. The lowest BCUT2D eigenvalue weighted by atomic mass is 10.0. The van der Waals surface area contributed by atoms with Crippen LogP contribution in [0, 0.1) is 18.3 Å². The third-order valence-corrected chi connectivity index (χ3v) is 5.88. The molecular weight excluding hydrogens is 374 g/mol. The maximum absolute atomic E-state index is 12.7. The number of aryl methyl sites for hydroxylation is 1. The Morgan fingerprint density at radius 1 is 1.23 bits per heavy atom. The number of piperidine rings is 1. The number of hydrogen-bond donors (Lipinski definition) is 1. The van der Waals surface area contributed by atoms with Gasteiger partial charge in [0.1, 0.15) is 11.8 Å². The van der Waals surface area contributed by atoms with Gasteiger partial charge in [0.05, 0.1) is 12.1 Å². The zero-order valence-electron chi connectivity index (χ0n) is 17.4. The Bertz CT molecular complexity index is 1010. The molecule has 0 spiro atoms. The number of rotatable bonds is 6. The van der Waals surface area contributed by atoms with Crippen molar-refractivity contribution in [3.63, 3.8) is 0 Å². The number of nitrogens with zero attached hydrogens (tertiary/aromatic N) is 4.